The third-order valence-electron chi connectivity index (χ3n) is 2.19. The fraction of sp³-hybridized carbons (Fsp3) is 0.200. The summed E-state index contributed by atoms with van der Waals surface area (Å²) < 4.78 is 10.6. The van der Waals surface area contributed by atoms with Gasteiger partial charge in [0.2, 0.25) is 0 Å². The highest BCUT2D eigenvalue weighted by Gasteiger charge is 2.27. The molecule has 0 unspecified atom stereocenters. The van der Waals surface area contributed by atoms with Crippen LogP contribution in [-0.4, -0.2) is 35.2 Å². The largest absolute Gasteiger partial charge is 0.506 e. The Morgan fingerprint density at radius 3 is 2.59 bits per heavy atom. The molecule has 0 amide bonds. The average Bonchev–Trinajstić information content (AvgIpc) is 2.33. The van der Waals surface area contributed by atoms with Gasteiger partial charge in [-0.3, -0.25) is 4.79 Å². The number of phenols is 1. The number of phenolic OH excluding ortho intramolecular Hbond substituents is 1. The third-order valence-corrected chi connectivity index (χ3v) is 2.92. The number of hydrogen-bond acceptors (Lipinski definition) is 5. The van der Waals surface area contributed by atoms with Crippen molar-refractivity contribution in [2.45, 2.75) is 0 Å². The fourth-order valence-corrected chi connectivity index (χ4v) is 1.95. The van der Waals surface area contributed by atoms with Crippen LogP contribution in [0, 0.1) is 0 Å². The van der Waals surface area contributed by atoms with Gasteiger partial charge in [0.1, 0.15) is 23.4 Å². The van der Waals surface area contributed by atoms with Crippen molar-refractivity contribution >= 4 is 27.7 Å². The number of ketones is 1. The Bertz CT molecular complexity index is 510. The number of carboxylic acid groups (broad SMARTS) is 1. The van der Waals surface area contributed by atoms with E-state index in [1.807, 2.05) is 0 Å². The smallest absolute Gasteiger partial charge is 0.377 e. The van der Waals surface area contributed by atoms with E-state index in [2.05, 4.69) is 15.9 Å². The number of carboxylic acids is 1. The topological polar surface area (TPSA) is 93.1 Å². The number of carbonyl (C=O) groups excluding carboxylic acids is 1. The first-order chi connectivity index (χ1) is 8.02. The summed E-state index contributed by atoms with van der Waals surface area (Å²) in [5.74, 6) is -2.84. The van der Waals surface area contributed by atoms with Gasteiger partial charge in [-0.15, -0.1) is 0 Å². The van der Waals surface area contributed by atoms with Crippen LogP contribution in [0.5, 0.6) is 17.2 Å². The molecule has 1 aliphatic rings. The second-order valence-electron chi connectivity index (χ2n) is 3.25. The third kappa shape index (κ3) is 1.93. The predicted molar refractivity (Wildman–Crippen MR) is 58.8 cm³/mol. The Labute approximate surface area is 104 Å². The van der Waals surface area contributed by atoms with Crippen LogP contribution in [0.1, 0.15) is 10.4 Å². The molecule has 1 heterocycles. The van der Waals surface area contributed by atoms with Crippen LogP contribution < -0.4 is 9.47 Å². The number of Topliss-reactive ketones (excluding diaryl/α,β-unsaturated/α-hetero) is 1. The Morgan fingerprint density at radius 1 is 1.29 bits per heavy atom. The Balaban J connectivity index is 2.59. The van der Waals surface area contributed by atoms with Gasteiger partial charge in [0.25, 0.3) is 5.78 Å². The number of aromatic hydroxyl groups is 1. The SMILES string of the molecule is O=C(O)C(=O)c1cc2c(c(Br)c1O)OCCO2. The van der Waals surface area contributed by atoms with Gasteiger partial charge in [-0.2, -0.15) is 0 Å². The minimum atomic E-state index is -1.65. The van der Waals surface area contributed by atoms with E-state index in [9.17, 15) is 14.7 Å². The minimum absolute atomic E-state index is 0.110. The second-order valence-corrected chi connectivity index (χ2v) is 4.04. The lowest BCUT2D eigenvalue weighted by atomic mass is 10.1. The molecule has 6 nitrogen and oxygen atoms in total. The summed E-state index contributed by atoms with van der Waals surface area (Å²) in [5, 5.41) is 18.3. The first kappa shape index (κ1) is 11.7. The molecule has 2 N–H and O–H groups in total. The molecule has 0 atom stereocenters. The second kappa shape index (κ2) is 4.25. The number of carbonyl (C=O) groups is 2. The molecule has 0 fully saturated rings. The molecule has 1 aliphatic heterocycles. The van der Waals surface area contributed by atoms with Gasteiger partial charge in [-0.25, -0.2) is 4.79 Å². The molecule has 0 saturated carbocycles. The van der Waals surface area contributed by atoms with Gasteiger partial charge in [0, 0.05) is 0 Å². The van der Waals surface area contributed by atoms with Crippen LogP contribution in [0.2, 0.25) is 0 Å². The first-order valence-electron chi connectivity index (χ1n) is 4.61. The van der Waals surface area contributed by atoms with Gasteiger partial charge in [0.05, 0.1) is 5.56 Å². The molecule has 2 rings (SSSR count). The van der Waals surface area contributed by atoms with E-state index in [1.54, 1.807) is 0 Å². The van der Waals surface area contributed by atoms with E-state index >= 15 is 0 Å². The molecule has 0 aliphatic carbocycles. The molecule has 90 valence electrons. The normalized spacial score (nSPS) is 13.2. The Kier molecular flexibility index (Phi) is 2.93. The molecule has 0 saturated heterocycles. The van der Waals surface area contributed by atoms with Crippen LogP contribution in [0.3, 0.4) is 0 Å². The zero-order chi connectivity index (χ0) is 12.6. The molecule has 0 bridgehead atoms. The Morgan fingerprint density at radius 2 is 1.94 bits per heavy atom. The number of hydrogen-bond donors (Lipinski definition) is 2. The van der Waals surface area contributed by atoms with Crippen LogP contribution in [0.15, 0.2) is 10.5 Å². The summed E-state index contributed by atoms with van der Waals surface area (Å²) in [4.78, 5) is 21.9. The quantitative estimate of drug-likeness (QED) is 0.630. The molecule has 1 aromatic rings. The monoisotopic (exact) mass is 302 g/mol. The number of ether oxygens (including phenoxy) is 2. The maximum Gasteiger partial charge on any atom is 0.377 e. The van der Waals surface area contributed by atoms with Crippen molar-refractivity contribution in [3.63, 3.8) is 0 Å². The number of fused-ring (bicyclic) bond motifs is 1. The number of benzene rings is 1. The molecular formula is C10H7BrO6. The van der Waals surface area contributed by atoms with Crippen molar-refractivity contribution < 1.29 is 29.3 Å². The van der Waals surface area contributed by atoms with E-state index in [-0.39, 0.29) is 21.5 Å². The molecule has 0 radical (unpaired) electrons. The summed E-state index contributed by atoms with van der Waals surface area (Å²) in [6.07, 6.45) is 0. The van der Waals surface area contributed by atoms with Gasteiger partial charge >= 0.3 is 5.97 Å². The highest BCUT2D eigenvalue weighted by atomic mass is 79.9. The standard InChI is InChI=1S/C10H7BrO6/c11-6-7(12)4(8(13)10(14)15)3-5-9(6)17-2-1-16-5/h3,12H,1-2H2,(H,14,15). The van der Waals surface area contributed by atoms with Crippen molar-refractivity contribution in [2.75, 3.05) is 13.2 Å². The van der Waals surface area contributed by atoms with Crippen molar-refractivity contribution in [1.82, 2.24) is 0 Å². The zero-order valence-corrected chi connectivity index (χ0v) is 9.98. The summed E-state index contributed by atoms with van der Waals surface area (Å²) in [5.41, 5.74) is -0.339. The van der Waals surface area contributed by atoms with Gasteiger partial charge in [0.15, 0.2) is 11.5 Å². The van der Waals surface area contributed by atoms with Gasteiger partial charge in [-0.05, 0) is 22.0 Å². The lowest BCUT2D eigenvalue weighted by molar-refractivity contribution is -0.131. The highest BCUT2D eigenvalue weighted by Crippen LogP contribution is 2.45. The van der Waals surface area contributed by atoms with Crippen molar-refractivity contribution in [3.8, 4) is 17.2 Å². The summed E-state index contributed by atoms with van der Waals surface area (Å²) in [7, 11) is 0. The number of halogens is 1. The molecular weight excluding hydrogens is 296 g/mol. The average molecular weight is 303 g/mol. The molecule has 0 aromatic heterocycles. The van der Waals surface area contributed by atoms with Crippen molar-refractivity contribution in [3.05, 3.63) is 16.1 Å². The summed E-state index contributed by atoms with van der Waals surface area (Å²) in [6.45, 7) is 0.613. The fourth-order valence-electron chi connectivity index (χ4n) is 1.42. The van der Waals surface area contributed by atoms with Gasteiger partial charge < -0.3 is 19.7 Å². The van der Waals surface area contributed by atoms with E-state index in [0.29, 0.717) is 13.2 Å². The Hall–Kier alpha value is -1.76. The first-order valence-corrected chi connectivity index (χ1v) is 5.40. The van der Waals surface area contributed by atoms with Crippen LogP contribution in [0.25, 0.3) is 0 Å². The van der Waals surface area contributed by atoms with Gasteiger partial charge in [-0.1, -0.05) is 0 Å². The highest BCUT2D eigenvalue weighted by molar-refractivity contribution is 9.10. The number of aliphatic carboxylic acids is 1. The van der Waals surface area contributed by atoms with Crippen LogP contribution >= 0.6 is 15.9 Å². The minimum Gasteiger partial charge on any atom is -0.506 e. The lowest BCUT2D eigenvalue weighted by Crippen LogP contribution is -2.18. The predicted octanol–water partition coefficient (Wildman–Crippen LogP) is 1.19. The molecule has 1 aromatic carbocycles. The van der Waals surface area contributed by atoms with E-state index < -0.39 is 17.5 Å². The molecule has 17 heavy (non-hydrogen) atoms. The molecule has 7 heteroatoms. The lowest BCUT2D eigenvalue weighted by Gasteiger charge is -2.20. The van der Waals surface area contributed by atoms with Crippen LogP contribution in [-0.2, 0) is 4.79 Å². The summed E-state index contributed by atoms with van der Waals surface area (Å²) >= 11 is 3.03. The maximum absolute atomic E-state index is 11.3. The van der Waals surface area contributed by atoms with E-state index in [4.69, 9.17) is 14.6 Å². The van der Waals surface area contributed by atoms with E-state index in [0.717, 1.165) is 6.07 Å². The van der Waals surface area contributed by atoms with Crippen molar-refractivity contribution in [1.29, 1.82) is 0 Å². The number of rotatable bonds is 2. The van der Waals surface area contributed by atoms with E-state index in [1.165, 1.54) is 0 Å². The van der Waals surface area contributed by atoms with Crippen molar-refractivity contribution in [2.24, 2.45) is 0 Å². The summed E-state index contributed by atoms with van der Waals surface area (Å²) in [6, 6.07) is 1.16. The van der Waals surface area contributed by atoms with Crippen LogP contribution in [0.4, 0.5) is 0 Å². The molecule has 0 spiro atoms. The zero-order valence-electron chi connectivity index (χ0n) is 8.40. The maximum atomic E-state index is 11.3.